The Morgan fingerprint density at radius 3 is 2.67 bits per heavy atom. The summed E-state index contributed by atoms with van der Waals surface area (Å²) < 4.78 is 5.39. The summed E-state index contributed by atoms with van der Waals surface area (Å²) in [6.45, 7) is 0. The van der Waals surface area contributed by atoms with E-state index in [0.29, 0.717) is 5.57 Å². The van der Waals surface area contributed by atoms with Gasteiger partial charge >= 0.3 is 0 Å². The van der Waals surface area contributed by atoms with Gasteiger partial charge in [-0.05, 0) is 42.5 Å². The van der Waals surface area contributed by atoms with Crippen LogP contribution in [0.4, 0.5) is 11.4 Å². The van der Waals surface area contributed by atoms with Gasteiger partial charge in [0.15, 0.2) is 0 Å². The molecule has 5 nitrogen and oxygen atoms in total. The Hall–Kier alpha value is -3.47. The van der Waals surface area contributed by atoms with E-state index in [1.165, 1.54) is 0 Å². The molecule has 118 valence electrons. The highest BCUT2D eigenvalue weighted by atomic mass is 16.3. The maximum Gasteiger partial charge on any atom is 0.257 e. The van der Waals surface area contributed by atoms with Crippen LogP contribution in [0.5, 0.6) is 5.75 Å². The van der Waals surface area contributed by atoms with Crippen LogP contribution in [0.2, 0.25) is 0 Å². The molecule has 1 amide bonds. The number of phenols is 1. The summed E-state index contributed by atoms with van der Waals surface area (Å²) >= 11 is 0. The molecule has 0 bridgehead atoms. The fourth-order valence-electron chi connectivity index (χ4n) is 2.65. The molecule has 0 saturated heterocycles. The van der Waals surface area contributed by atoms with Crippen molar-refractivity contribution in [3.63, 3.8) is 0 Å². The highest BCUT2D eigenvalue weighted by Gasteiger charge is 2.24. The third-order valence-corrected chi connectivity index (χ3v) is 3.86. The number of anilines is 2. The number of furan rings is 1. The molecule has 1 aromatic heterocycles. The lowest BCUT2D eigenvalue weighted by Gasteiger charge is -2.03. The van der Waals surface area contributed by atoms with Gasteiger partial charge in [-0.1, -0.05) is 12.1 Å². The largest absolute Gasteiger partial charge is 0.508 e. The maximum absolute atomic E-state index is 12.2. The SMILES string of the molecule is O=C1Nc2cc(-c3ccco3)ccc2/C1=C\Nc1ccc(O)cc1. The number of carbonyl (C=O) groups is 1. The summed E-state index contributed by atoms with van der Waals surface area (Å²) in [4.78, 5) is 12.2. The first-order valence-electron chi connectivity index (χ1n) is 7.46. The van der Waals surface area contributed by atoms with Crippen molar-refractivity contribution in [2.75, 3.05) is 10.6 Å². The van der Waals surface area contributed by atoms with Gasteiger partial charge in [0.2, 0.25) is 0 Å². The molecule has 3 N–H and O–H groups in total. The van der Waals surface area contributed by atoms with Crippen molar-refractivity contribution in [2.24, 2.45) is 0 Å². The molecule has 4 rings (SSSR count). The van der Waals surface area contributed by atoms with Crippen LogP contribution in [0.15, 0.2) is 71.5 Å². The molecular formula is C19H14N2O3. The number of hydrogen-bond donors (Lipinski definition) is 3. The summed E-state index contributed by atoms with van der Waals surface area (Å²) in [7, 11) is 0. The molecule has 0 spiro atoms. The van der Waals surface area contributed by atoms with E-state index in [0.717, 1.165) is 28.3 Å². The topological polar surface area (TPSA) is 74.5 Å². The van der Waals surface area contributed by atoms with Crippen molar-refractivity contribution in [3.8, 4) is 17.1 Å². The number of hydrogen-bond acceptors (Lipinski definition) is 4. The molecule has 2 heterocycles. The van der Waals surface area contributed by atoms with Crippen LogP contribution in [0, 0.1) is 0 Å². The van der Waals surface area contributed by atoms with Gasteiger partial charge in [0, 0.05) is 28.7 Å². The monoisotopic (exact) mass is 318 g/mol. The van der Waals surface area contributed by atoms with Gasteiger partial charge in [-0.15, -0.1) is 0 Å². The average molecular weight is 318 g/mol. The van der Waals surface area contributed by atoms with Crippen LogP contribution in [0.3, 0.4) is 0 Å². The second-order valence-corrected chi connectivity index (χ2v) is 5.44. The van der Waals surface area contributed by atoms with Gasteiger partial charge in [0.05, 0.1) is 11.8 Å². The predicted molar refractivity (Wildman–Crippen MR) is 92.5 cm³/mol. The van der Waals surface area contributed by atoms with Gasteiger partial charge in [0.1, 0.15) is 11.5 Å². The first kappa shape index (κ1) is 14.1. The molecule has 0 fully saturated rings. The van der Waals surface area contributed by atoms with E-state index in [9.17, 15) is 9.90 Å². The zero-order chi connectivity index (χ0) is 16.5. The molecule has 3 aromatic rings. The summed E-state index contributed by atoms with van der Waals surface area (Å²) in [6, 6.07) is 16.1. The summed E-state index contributed by atoms with van der Waals surface area (Å²) in [6.07, 6.45) is 3.29. The fourth-order valence-corrected chi connectivity index (χ4v) is 2.65. The smallest absolute Gasteiger partial charge is 0.257 e. The number of nitrogens with one attached hydrogen (secondary N) is 2. The van der Waals surface area contributed by atoms with E-state index in [2.05, 4.69) is 10.6 Å². The minimum atomic E-state index is -0.159. The van der Waals surface area contributed by atoms with Crippen LogP contribution in [-0.2, 0) is 4.79 Å². The van der Waals surface area contributed by atoms with Gasteiger partial charge in [-0.25, -0.2) is 0 Å². The molecule has 1 aliphatic heterocycles. The summed E-state index contributed by atoms with van der Waals surface area (Å²) in [5.74, 6) is 0.794. The number of benzene rings is 2. The summed E-state index contributed by atoms with van der Waals surface area (Å²) in [5, 5.41) is 15.2. The Labute approximate surface area is 138 Å². The minimum Gasteiger partial charge on any atom is -0.508 e. The number of rotatable bonds is 3. The Morgan fingerprint density at radius 2 is 1.92 bits per heavy atom. The third-order valence-electron chi connectivity index (χ3n) is 3.86. The van der Waals surface area contributed by atoms with E-state index >= 15 is 0 Å². The first-order chi connectivity index (χ1) is 11.7. The van der Waals surface area contributed by atoms with E-state index in [1.54, 1.807) is 36.7 Å². The van der Waals surface area contributed by atoms with Crippen molar-refractivity contribution >= 4 is 22.9 Å². The fraction of sp³-hybridized carbons (Fsp3) is 0. The first-order valence-corrected chi connectivity index (χ1v) is 7.46. The number of fused-ring (bicyclic) bond motifs is 1. The maximum atomic E-state index is 12.2. The lowest BCUT2D eigenvalue weighted by Crippen LogP contribution is -2.05. The number of carbonyl (C=O) groups excluding carboxylic acids is 1. The molecule has 2 aromatic carbocycles. The van der Waals surface area contributed by atoms with Gasteiger partial charge in [0.25, 0.3) is 5.91 Å². The highest BCUT2D eigenvalue weighted by molar-refractivity contribution is 6.31. The Morgan fingerprint density at radius 1 is 1.08 bits per heavy atom. The van der Waals surface area contributed by atoms with Crippen molar-refractivity contribution < 1.29 is 14.3 Å². The summed E-state index contributed by atoms with van der Waals surface area (Å²) in [5.41, 5.74) is 3.85. The zero-order valence-corrected chi connectivity index (χ0v) is 12.6. The van der Waals surface area contributed by atoms with E-state index < -0.39 is 0 Å². The molecule has 24 heavy (non-hydrogen) atoms. The Bertz CT molecular complexity index is 926. The standard InChI is InChI=1S/C19H14N2O3/c22-14-6-4-13(5-7-14)20-11-16-15-8-3-12(18-2-1-9-24-18)10-17(15)21-19(16)23/h1-11,20,22H,(H,21,23)/b16-11+. The lowest BCUT2D eigenvalue weighted by atomic mass is 10.0. The predicted octanol–water partition coefficient (Wildman–Crippen LogP) is 4.06. The highest BCUT2D eigenvalue weighted by Crippen LogP contribution is 2.35. The Balaban J connectivity index is 1.63. The normalized spacial score (nSPS) is 14.5. The van der Waals surface area contributed by atoms with Crippen LogP contribution in [-0.4, -0.2) is 11.0 Å². The van der Waals surface area contributed by atoms with Crippen LogP contribution in [0.1, 0.15) is 5.56 Å². The van der Waals surface area contributed by atoms with Crippen molar-refractivity contribution in [1.29, 1.82) is 0 Å². The van der Waals surface area contributed by atoms with Crippen molar-refractivity contribution in [3.05, 3.63) is 72.6 Å². The molecule has 5 heteroatoms. The second-order valence-electron chi connectivity index (χ2n) is 5.44. The molecule has 1 aliphatic rings. The molecular weight excluding hydrogens is 304 g/mol. The number of phenolic OH excluding ortho intramolecular Hbond substituents is 1. The van der Waals surface area contributed by atoms with E-state index in [4.69, 9.17) is 4.42 Å². The second kappa shape index (κ2) is 5.62. The van der Waals surface area contributed by atoms with Gasteiger partial charge in [-0.3, -0.25) is 4.79 Å². The van der Waals surface area contributed by atoms with E-state index in [-0.39, 0.29) is 11.7 Å². The third kappa shape index (κ3) is 2.52. The van der Waals surface area contributed by atoms with E-state index in [1.807, 2.05) is 30.3 Å². The van der Waals surface area contributed by atoms with Crippen molar-refractivity contribution in [2.45, 2.75) is 0 Å². The minimum absolute atomic E-state index is 0.159. The van der Waals surface area contributed by atoms with Gasteiger partial charge < -0.3 is 20.2 Å². The number of aromatic hydroxyl groups is 1. The zero-order valence-electron chi connectivity index (χ0n) is 12.6. The van der Waals surface area contributed by atoms with Crippen molar-refractivity contribution in [1.82, 2.24) is 0 Å². The Kier molecular flexibility index (Phi) is 3.31. The van der Waals surface area contributed by atoms with Crippen LogP contribution in [0.25, 0.3) is 16.9 Å². The molecule has 0 unspecified atom stereocenters. The average Bonchev–Trinajstić information content (AvgIpc) is 3.21. The molecule has 0 saturated carbocycles. The van der Waals surface area contributed by atoms with Gasteiger partial charge in [-0.2, -0.15) is 0 Å². The lowest BCUT2D eigenvalue weighted by molar-refractivity contribution is -0.110. The van der Waals surface area contributed by atoms with Crippen LogP contribution < -0.4 is 10.6 Å². The molecule has 0 aliphatic carbocycles. The molecule has 0 atom stereocenters. The van der Waals surface area contributed by atoms with Crippen LogP contribution >= 0.6 is 0 Å². The quantitative estimate of drug-likeness (QED) is 0.503. The molecule has 0 radical (unpaired) electrons. The number of amides is 1.